The predicted octanol–water partition coefficient (Wildman–Crippen LogP) is 1.08. The molecule has 0 aromatic rings. The van der Waals surface area contributed by atoms with Gasteiger partial charge in [0, 0.05) is 6.42 Å². The van der Waals surface area contributed by atoms with Crippen molar-refractivity contribution in [2.45, 2.75) is 25.9 Å². The van der Waals surface area contributed by atoms with Crippen LogP contribution in [0, 0.1) is 0 Å². The summed E-state index contributed by atoms with van der Waals surface area (Å²) in [5.41, 5.74) is 0. The van der Waals surface area contributed by atoms with Gasteiger partial charge in [0.25, 0.3) is 0 Å². The molecule has 0 aliphatic heterocycles. The molecular formula is C8H12O3. The van der Waals surface area contributed by atoms with Gasteiger partial charge in [-0.3, -0.25) is 9.59 Å². The van der Waals surface area contributed by atoms with Gasteiger partial charge in [-0.05, 0) is 12.5 Å². The molecular weight excluding hydrogens is 144 g/mol. The fourth-order valence-electron chi connectivity index (χ4n) is 0.546. The molecule has 1 unspecified atom stereocenters. The molecule has 3 nitrogen and oxygen atoms in total. The van der Waals surface area contributed by atoms with E-state index in [0.29, 0.717) is 12.7 Å². The maximum atomic E-state index is 10.7. The highest BCUT2D eigenvalue weighted by molar-refractivity contribution is 5.73. The average molecular weight is 156 g/mol. The summed E-state index contributed by atoms with van der Waals surface area (Å²) in [5, 5.41) is 0. The Balaban J connectivity index is 3.71. The Hall–Kier alpha value is -1.12. The van der Waals surface area contributed by atoms with E-state index in [-0.39, 0.29) is 5.97 Å². The van der Waals surface area contributed by atoms with Gasteiger partial charge in [0.2, 0.25) is 0 Å². The lowest BCUT2D eigenvalue weighted by Gasteiger charge is -2.05. The topological polar surface area (TPSA) is 43.4 Å². The van der Waals surface area contributed by atoms with Crippen LogP contribution in [0.2, 0.25) is 0 Å². The zero-order valence-corrected chi connectivity index (χ0v) is 6.58. The van der Waals surface area contributed by atoms with Crippen LogP contribution in [0.25, 0.3) is 0 Å². The highest BCUT2D eigenvalue weighted by Gasteiger charge is 2.07. The van der Waals surface area contributed by atoms with Crippen LogP contribution in [0.5, 0.6) is 0 Å². The van der Waals surface area contributed by atoms with E-state index in [0.717, 1.165) is 6.42 Å². The summed E-state index contributed by atoms with van der Waals surface area (Å²) >= 11 is 0. The Morgan fingerprint density at radius 3 is 2.73 bits per heavy atom. The number of carbonyl (C=O) groups is 2. The van der Waals surface area contributed by atoms with Crippen LogP contribution in [0.1, 0.15) is 19.8 Å². The molecule has 0 aliphatic rings. The summed E-state index contributed by atoms with van der Waals surface area (Å²) < 4.78 is 4.66. The van der Waals surface area contributed by atoms with Crippen LogP contribution < -0.4 is 0 Å². The van der Waals surface area contributed by atoms with Crippen LogP contribution in [-0.2, 0) is 14.3 Å². The minimum atomic E-state index is -0.783. The van der Waals surface area contributed by atoms with E-state index in [1.54, 1.807) is 0 Å². The van der Waals surface area contributed by atoms with Crippen molar-refractivity contribution in [2.24, 2.45) is 0 Å². The molecule has 62 valence electrons. The van der Waals surface area contributed by atoms with Gasteiger partial charge in [0.05, 0.1) is 0 Å². The summed E-state index contributed by atoms with van der Waals surface area (Å²) in [4.78, 5) is 20.9. The molecule has 0 heterocycles. The van der Waals surface area contributed by atoms with Crippen LogP contribution in [0.3, 0.4) is 0 Å². The zero-order chi connectivity index (χ0) is 8.69. The van der Waals surface area contributed by atoms with E-state index < -0.39 is 6.10 Å². The van der Waals surface area contributed by atoms with Gasteiger partial charge in [-0.15, -0.1) is 0 Å². The minimum Gasteiger partial charge on any atom is -0.450 e. The molecule has 0 fully saturated rings. The Kier molecular flexibility index (Phi) is 5.07. The lowest BCUT2D eigenvalue weighted by Crippen LogP contribution is -2.16. The van der Waals surface area contributed by atoms with E-state index in [9.17, 15) is 9.59 Å². The maximum absolute atomic E-state index is 10.7. The monoisotopic (exact) mass is 156 g/mol. The van der Waals surface area contributed by atoms with E-state index in [2.05, 4.69) is 11.3 Å². The summed E-state index contributed by atoms with van der Waals surface area (Å²) in [6, 6.07) is 0. The molecule has 0 spiro atoms. The third kappa shape index (κ3) is 4.31. The summed E-state index contributed by atoms with van der Waals surface area (Å²) in [6.07, 6.45) is 2.12. The van der Waals surface area contributed by atoms with Gasteiger partial charge in [0.15, 0.2) is 12.4 Å². The van der Waals surface area contributed by atoms with Crippen molar-refractivity contribution in [1.82, 2.24) is 0 Å². The number of hydrogen-bond acceptors (Lipinski definition) is 3. The summed E-state index contributed by atoms with van der Waals surface area (Å²) in [6.45, 7) is 5.20. The largest absolute Gasteiger partial charge is 0.450 e. The Morgan fingerprint density at radius 1 is 1.73 bits per heavy atom. The first-order valence-corrected chi connectivity index (χ1v) is 3.52. The van der Waals surface area contributed by atoms with E-state index in [1.807, 2.05) is 6.92 Å². The van der Waals surface area contributed by atoms with Gasteiger partial charge in [-0.1, -0.05) is 13.5 Å². The fraction of sp³-hybridized carbons (Fsp3) is 0.500. The SMILES string of the molecule is C=CC(C=O)OC(=O)CCC. The predicted molar refractivity (Wildman–Crippen MR) is 41.0 cm³/mol. The minimum absolute atomic E-state index is 0.345. The van der Waals surface area contributed by atoms with E-state index in [4.69, 9.17) is 0 Å². The van der Waals surface area contributed by atoms with Crippen molar-refractivity contribution in [1.29, 1.82) is 0 Å². The van der Waals surface area contributed by atoms with Crippen molar-refractivity contribution >= 4 is 12.3 Å². The lowest BCUT2D eigenvalue weighted by molar-refractivity contribution is -0.149. The normalized spacial score (nSPS) is 11.7. The first kappa shape index (κ1) is 9.88. The molecule has 0 radical (unpaired) electrons. The van der Waals surface area contributed by atoms with Gasteiger partial charge in [-0.25, -0.2) is 0 Å². The lowest BCUT2D eigenvalue weighted by atomic mass is 10.3. The number of aldehydes is 1. The molecule has 0 aliphatic carbocycles. The zero-order valence-electron chi connectivity index (χ0n) is 6.58. The molecule has 0 amide bonds. The molecule has 0 saturated carbocycles. The average Bonchev–Trinajstić information content (AvgIpc) is 2.01. The third-order valence-corrected chi connectivity index (χ3v) is 1.09. The second kappa shape index (κ2) is 5.65. The van der Waals surface area contributed by atoms with Crippen LogP contribution in [-0.4, -0.2) is 18.4 Å². The van der Waals surface area contributed by atoms with Gasteiger partial charge < -0.3 is 4.74 Å². The van der Waals surface area contributed by atoms with Crippen molar-refractivity contribution in [3.05, 3.63) is 12.7 Å². The quantitative estimate of drug-likeness (QED) is 0.340. The van der Waals surface area contributed by atoms with Crippen molar-refractivity contribution in [3.8, 4) is 0 Å². The van der Waals surface area contributed by atoms with E-state index in [1.165, 1.54) is 6.08 Å². The number of hydrogen-bond donors (Lipinski definition) is 0. The van der Waals surface area contributed by atoms with Crippen LogP contribution >= 0.6 is 0 Å². The Labute approximate surface area is 66.0 Å². The maximum Gasteiger partial charge on any atom is 0.306 e. The first-order chi connectivity index (χ1) is 5.24. The summed E-state index contributed by atoms with van der Waals surface area (Å²) in [5.74, 6) is -0.357. The summed E-state index contributed by atoms with van der Waals surface area (Å²) in [7, 11) is 0. The number of esters is 1. The highest BCUT2D eigenvalue weighted by Crippen LogP contribution is 1.95. The molecule has 1 atom stereocenters. The van der Waals surface area contributed by atoms with Crippen molar-refractivity contribution < 1.29 is 14.3 Å². The Bertz CT molecular complexity index is 143. The molecule has 0 aromatic carbocycles. The second-order valence-corrected chi connectivity index (χ2v) is 2.08. The fourth-order valence-corrected chi connectivity index (χ4v) is 0.546. The third-order valence-electron chi connectivity index (χ3n) is 1.09. The smallest absolute Gasteiger partial charge is 0.306 e. The molecule has 11 heavy (non-hydrogen) atoms. The van der Waals surface area contributed by atoms with E-state index >= 15 is 0 Å². The molecule has 0 saturated heterocycles. The number of rotatable bonds is 5. The van der Waals surface area contributed by atoms with Gasteiger partial charge in [-0.2, -0.15) is 0 Å². The number of carbonyl (C=O) groups excluding carboxylic acids is 2. The van der Waals surface area contributed by atoms with Crippen molar-refractivity contribution in [2.75, 3.05) is 0 Å². The molecule has 0 bridgehead atoms. The van der Waals surface area contributed by atoms with Gasteiger partial charge in [0.1, 0.15) is 0 Å². The molecule has 3 heteroatoms. The van der Waals surface area contributed by atoms with Crippen LogP contribution in [0.15, 0.2) is 12.7 Å². The van der Waals surface area contributed by atoms with Crippen LogP contribution in [0.4, 0.5) is 0 Å². The Morgan fingerprint density at radius 2 is 2.36 bits per heavy atom. The molecule has 0 rings (SSSR count). The highest BCUT2D eigenvalue weighted by atomic mass is 16.5. The first-order valence-electron chi connectivity index (χ1n) is 3.52. The second-order valence-electron chi connectivity index (χ2n) is 2.08. The van der Waals surface area contributed by atoms with Crippen molar-refractivity contribution in [3.63, 3.8) is 0 Å². The number of ether oxygens (including phenoxy) is 1. The van der Waals surface area contributed by atoms with Gasteiger partial charge >= 0.3 is 5.97 Å². The molecule has 0 aromatic heterocycles. The standard InChI is InChI=1S/C8H12O3/c1-3-5-8(10)11-7(4-2)6-9/h4,6-7H,2-3,5H2,1H3. The molecule has 0 N–H and O–H groups in total.